The molecule has 0 saturated carbocycles. The topological polar surface area (TPSA) is 55.4 Å². The van der Waals surface area contributed by atoms with E-state index in [0.717, 1.165) is 11.8 Å². The number of hydrogen-bond acceptors (Lipinski definition) is 4. The van der Waals surface area contributed by atoms with Crippen LogP contribution >= 0.6 is 11.8 Å². The van der Waals surface area contributed by atoms with Crippen molar-refractivity contribution < 1.29 is 23.1 Å². The van der Waals surface area contributed by atoms with Gasteiger partial charge in [0, 0.05) is 16.9 Å². The number of carbonyl (C=O) groups excluding carboxylic acids is 2. The number of nitrogens with one attached hydrogen (secondary N) is 1. The minimum Gasteiger partial charge on any atom is -0.459 e. The number of ether oxygens (including phenoxy) is 1. The van der Waals surface area contributed by atoms with E-state index in [1.54, 1.807) is 41.5 Å². The summed E-state index contributed by atoms with van der Waals surface area (Å²) in [6, 6.07) is 1.89. The molecule has 1 amide bonds. The normalized spacial score (nSPS) is 12.9. The predicted molar refractivity (Wildman–Crippen MR) is 91.0 cm³/mol. The molecule has 1 unspecified atom stereocenters. The lowest BCUT2D eigenvalue weighted by molar-refractivity contribution is -0.153. The first kappa shape index (κ1) is 20.4. The summed E-state index contributed by atoms with van der Waals surface area (Å²) in [6.45, 7) is 10.1. The number of rotatable bonds is 5. The summed E-state index contributed by atoms with van der Waals surface area (Å²) in [5.41, 5.74) is -0.766. The quantitative estimate of drug-likeness (QED) is 0.626. The highest BCUT2D eigenvalue weighted by atomic mass is 32.2. The summed E-state index contributed by atoms with van der Waals surface area (Å²) in [5.74, 6) is -2.88. The lowest BCUT2D eigenvalue weighted by Crippen LogP contribution is -2.28. The summed E-state index contributed by atoms with van der Waals surface area (Å²) in [7, 11) is 0. The van der Waals surface area contributed by atoms with E-state index in [-0.39, 0.29) is 22.4 Å². The molecular weight excluding hydrogens is 336 g/mol. The van der Waals surface area contributed by atoms with Crippen LogP contribution in [0.2, 0.25) is 0 Å². The Balaban J connectivity index is 2.95. The van der Waals surface area contributed by atoms with Gasteiger partial charge >= 0.3 is 5.97 Å². The van der Waals surface area contributed by atoms with Crippen molar-refractivity contribution in [2.24, 2.45) is 5.92 Å². The predicted octanol–water partition coefficient (Wildman–Crippen LogP) is 4.38. The van der Waals surface area contributed by atoms with Crippen molar-refractivity contribution in [1.29, 1.82) is 0 Å². The molecule has 134 valence electrons. The van der Waals surface area contributed by atoms with Crippen LogP contribution in [0.4, 0.5) is 14.5 Å². The summed E-state index contributed by atoms with van der Waals surface area (Å²) in [5, 5.41) is 1.73. The van der Waals surface area contributed by atoms with Gasteiger partial charge in [-0.2, -0.15) is 0 Å². The minimum absolute atomic E-state index is 0.0637. The third kappa shape index (κ3) is 6.11. The number of carbonyl (C=O) groups is 2. The van der Waals surface area contributed by atoms with Gasteiger partial charge in [0.25, 0.3) is 0 Å². The molecule has 1 atom stereocenters. The largest absolute Gasteiger partial charge is 0.459 e. The van der Waals surface area contributed by atoms with Crippen LogP contribution in [0.5, 0.6) is 0 Å². The van der Waals surface area contributed by atoms with Crippen LogP contribution in [0.1, 0.15) is 41.5 Å². The van der Waals surface area contributed by atoms with Gasteiger partial charge in [0.05, 0.1) is 5.69 Å². The lowest BCUT2D eigenvalue weighted by atomic mass is 10.2. The van der Waals surface area contributed by atoms with Gasteiger partial charge in [0.15, 0.2) is 0 Å². The maximum absolute atomic E-state index is 14.0. The van der Waals surface area contributed by atoms with E-state index in [1.165, 1.54) is 6.07 Å². The van der Waals surface area contributed by atoms with Gasteiger partial charge < -0.3 is 10.1 Å². The van der Waals surface area contributed by atoms with E-state index < -0.39 is 28.5 Å². The lowest BCUT2D eigenvalue weighted by Gasteiger charge is -2.22. The van der Waals surface area contributed by atoms with E-state index in [0.29, 0.717) is 6.07 Å². The van der Waals surface area contributed by atoms with Crippen LogP contribution in [-0.2, 0) is 14.3 Å². The number of anilines is 1. The van der Waals surface area contributed by atoms with Gasteiger partial charge in [0.2, 0.25) is 5.91 Å². The average Bonchev–Trinajstić information content (AvgIpc) is 2.41. The van der Waals surface area contributed by atoms with Gasteiger partial charge in [-0.05, 0) is 33.8 Å². The van der Waals surface area contributed by atoms with Crippen molar-refractivity contribution >= 4 is 29.3 Å². The van der Waals surface area contributed by atoms with Crippen molar-refractivity contribution in [2.45, 2.75) is 57.3 Å². The third-order valence-electron chi connectivity index (χ3n) is 2.85. The second kappa shape index (κ2) is 7.96. The second-order valence-electron chi connectivity index (χ2n) is 6.70. The molecule has 1 rings (SSSR count). The Labute approximate surface area is 145 Å². The maximum atomic E-state index is 14.0. The number of thioether (sulfide) groups is 1. The Kier molecular flexibility index (Phi) is 6.77. The van der Waals surface area contributed by atoms with E-state index >= 15 is 0 Å². The Morgan fingerprint density at radius 3 is 2.21 bits per heavy atom. The summed E-state index contributed by atoms with van der Waals surface area (Å²) in [4.78, 5) is 23.7. The fourth-order valence-corrected chi connectivity index (χ4v) is 2.50. The Bertz CT molecular complexity index is 627. The molecule has 0 aliphatic heterocycles. The Hall–Kier alpha value is -1.63. The minimum atomic E-state index is -0.865. The molecule has 0 aliphatic rings. The molecule has 1 N–H and O–H groups in total. The van der Waals surface area contributed by atoms with E-state index in [1.807, 2.05) is 0 Å². The summed E-state index contributed by atoms with van der Waals surface area (Å²) in [6.07, 6.45) is 0. The zero-order valence-electron chi connectivity index (χ0n) is 14.7. The number of halogens is 2. The number of hydrogen-bond donors (Lipinski definition) is 1. The van der Waals surface area contributed by atoms with Crippen molar-refractivity contribution in [3.63, 3.8) is 0 Å². The molecule has 0 aromatic heterocycles. The van der Waals surface area contributed by atoms with Crippen molar-refractivity contribution in [1.82, 2.24) is 0 Å². The smallest absolute Gasteiger partial charge is 0.319 e. The van der Waals surface area contributed by atoms with Crippen molar-refractivity contribution in [3.8, 4) is 0 Å². The summed E-state index contributed by atoms with van der Waals surface area (Å²) < 4.78 is 33.0. The van der Waals surface area contributed by atoms with E-state index in [4.69, 9.17) is 4.74 Å². The van der Waals surface area contributed by atoms with Crippen LogP contribution in [0.15, 0.2) is 17.0 Å². The van der Waals surface area contributed by atoms with Crippen molar-refractivity contribution in [2.75, 3.05) is 5.32 Å². The molecule has 24 heavy (non-hydrogen) atoms. The van der Waals surface area contributed by atoms with Gasteiger partial charge in [-0.1, -0.05) is 13.8 Å². The van der Waals surface area contributed by atoms with Crippen LogP contribution in [0, 0.1) is 17.6 Å². The molecule has 0 spiro atoms. The first-order chi connectivity index (χ1) is 10.9. The number of amides is 1. The second-order valence-corrected chi connectivity index (χ2v) is 8.08. The van der Waals surface area contributed by atoms with Crippen LogP contribution in [-0.4, -0.2) is 22.7 Å². The highest BCUT2D eigenvalue weighted by Crippen LogP contribution is 2.31. The van der Waals surface area contributed by atoms with Gasteiger partial charge in [-0.15, -0.1) is 11.8 Å². The van der Waals surface area contributed by atoms with E-state index in [9.17, 15) is 18.4 Å². The van der Waals surface area contributed by atoms with Crippen LogP contribution in [0.3, 0.4) is 0 Å². The molecule has 0 bridgehead atoms. The zero-order valence-corrected chi connectivity index (χ0v) is 15.5. The van der Waals surface area contributed by atoms with Crippen LogP contribution in [0.25, 0.3) is 0 Å². The molecule has 0 saturated heterocycles. The molecule has 0 heterocycles. The maximum Gasteiger partial charge on any atom is 0.319 e. The molecule has 4 nitrogen and oxygen atoms in total. The molecule has 0 radical (unpaired) electrons. The SMILES string of the molecule is CC(C)C(=O)Nc1cc(SC(C)C(=O)OC(C)(C)C)c(F)cc1F. The third-order valence-corrected chi connectivity index (χ3v) is 3.96. The summed E-state index contributed by atoms with van der Waals surface area (Å²) >= 11 is 0.910. The molecule has 1 aromatic rings. The van der Waals surface area contributed by atoms with E-state index in [2.05, 4.69) is 5.32 Å². The highest BCUT2D eigenvalue weighted by molar-refractivity contribution is 8.00. The Morgan fingerprint density at radius 2 is 1.71 bits per heavy atom. The fraction of sp³-hybridized carbons (Fsp3) is 0.529. The van der Waals surface area contributed by atoms with Crippen LogP contribution < -0.4 is 5.32 Å². The standard InChI is InChI=1S/C17H23F2NO3S/c1-9(2)15(21)20-13-8-14(12(19)7-11(13)18)24-10(3)16(22)23-17(4,5)6/h7-10H,1-6H3,(H,20,21). The average molecular weight is 359 g/mol. The number of benzene rings is 1. The molecule has 0 fully saturated rings. The first-order valence-electron chi connectivity index (χ1n) is 7.60. The Morgan fingerprint density at radius 1 is 1.12 bits per heavy atom. The molecule has 7 heteroatoms. The van der Waals surface area contributed by atoms with Gasteiger partial charge in [-0.3, -0.25) is 9.59 Å². The van der Waals surface area contributed by atoms with Gasteiger partial charge in [0.1, 0.15) is 22.5 Å². The van der Waals surface area contributed by atoms with Crippen molar-refractivity contribution in [3.05, 3.63) is 23.8 Å². The fourth-order valence-electron chi connectivity index (χ4n) is 1.62. The monoisotopic (exact) mass is 359 g/mol. The molecular formula is C17H23F2NO3S. The van der Waals surface area contributed by atoms with Gasteiger partial charge in [-0.25, -0.2) is 8.78 Å². The zero-order chi connectivity index (χ0) is 18.7. The highest BCUT2D eigenvalue weighted by Gasteiger charge is 2.24. The molecule has 1 aromatic carbocycles. The molecule has 0 aliphatic carbocycles. The number of esters is 1. The first-order valence-corrected chi connectivity index (χ1v) is 8.48.